The highest BCUT2D eigenvalue weighted by Gasteiger charge is 1.93. The number of aromatic nitrogens is 2. The fraction of sp³-hybridized carbons (Fsp3) is 0.167. The summed E-state index contributed by atoms with van der Waals surface area (Å²) in [5.74, 6) is 2.02. The average molecular weight is 268 g/mol. The van der Waals surface area contributed by atoms with Crippen LogP contribution < -0.4 is 16.4 Å². The minimum absolute atomic E-state index is 0. The summed E-state index contributed by atoms with van der Waals surface area (Å²) in [5, 5.41) is 0. The Morgan fingerprint density at radius 2 is 1.61 bits per heavy atom. The van der Waals surface area contributed by atoms with Crippen LogP contribution in [-0.4, -0.2) is 24.1 Å². The molecule has 0 aliphatic carbocycles. The van der Waals surface area contributed by atoms with E-state index in [0.29, 0.717) is 11.6 Å². The Labute approximate surface area is 113 Å². The van der Waals surface area contributed by atoms with E-state index in [0.717, 1.165) is 5.82 Å². The summed E-state index contributed by atoms with van der Waals surface area (Å²) in [6.07, 6.45) is 1.66. The third-order valence-electron chi connectivity index (χ3n) is 1.90. The Kier molecular flexibility index (Phi) is 7.23. The summed E-state index contributed by atoms with van der Waals surface area (Å²) < 4.78 is 0. The van der Waals surface area contributed by atoms with Gasteiger partial charge in [-0.25, -0.2) is 9.97 Å². The number of anilines is 3. The summed E-state index contributed by atoms with van der Waals surface area (Å²) in [5.41, 5.74) is 10.7. The maximum Gasteiger partial charge on any atom is 0.130 e. The molecule has 0 atom stereocenters. The van der Waals surface area contributed by atoms with Gasteiger partial charge in [-0.15, -0.1) is 12.4 Å². The predicted octanol–water partition coefficient (Wildman–Crippen LogP) is 1.82. The number of rotatable bonds is 1. The second kappa shape index (κ2) is 8.14. The molecule has 0 amide bonds. The van der Waals surface area contributed by atoms with Crippen LogP contribution >= 0.6 is 12.4 Å². The predicted molar refractivity (Wildman–Crippen MR) is 78.9 cm³/mol. The van der Waals surface area contributed by atoms with Gasteiger partial charge in [-0.05, 0) is 24.3 Å². The van der Waals surface area contributed by atoms with Gasteiger partial charge in [0.2, 0.25) is 0 Å². The van der Waals surface area contributed by atoms with Gasteiger partial charge < -0.3 is 16.4 Å². The van der Waals surface area contributed by atoms with Crippen molar-refractivity contribution in [3.8, 4) is 0 Å². The van der Waals surface area contributed by atoms with E-state index in [9.17, 15) is 0 Å². The molecule has 0 aliphatic heterocycles. The Bertz CT molecular complexity index is 447. The van der Waals surface area contributed by atoms with Crippen molar-refractivity contribution in [2.45, 2.75) is 0 Å². The number of hydrogen-bond acceptors (Lipinski definition) is 5. The van der Waals surface area contributed by atoms with E-state index in [-0.39, 0.29) is 12.4 Å². The van der Waals surface area contributed by atoms with E-state index in [1.165, 1.54) is 0 Å². The Balaban J connectivity index is 0.000000321. The lowest BCUT2D eigenvalue weighted by Gasteiger charge is -2.10. The van der Waals surface area contributed by atoms with Crippen molar-refractivity contribution in [2.75, 3.05) is 30.5 Å². The van der Waals surface area contributed by atoms with Crippen LogP contribution in [0.4, 0.5) is 17.5 Å². The van der Waals surface area contributed by atoms with Gasteiger partial charge in [-0.2, -0.15) is 0 Å². The van der Waals surface area contributed by atoms with E-state index >= 15 is 0 Å². The maximum absolute atomic E-state index is 5.46. The van der Waals surface area contributed by atoms with Gasteiger partial charge in [0.1, 0.15) is 17.5 Å². The Morgan fingerprint density at radius 1 is 0.944 bits per heavy atom. The van der Waals surface area contributed by atoms with E-state index in [1.54, 1.807) is 18.3 Å². The third kappa shape index (κ3) is 5.91. The fourth-order valence-electron chi connectivity index (χ4n) is 1.06. The molecular formula is C12H18ClN5. The summed E-state index contributed by atoms with van der Waals surface area (Å²) in [6.45, 7) is 0. The average Bonchev–Trinajstić information content (AvgIpc) is 2.31. The van der Waals surface area contributed by atoms with Crippen LogP contribution in [0.3, 0.4) is 0 Å². The van der Waals surface area contributed by atoms with Crippen molar-refractivity contribution < 1.29 is 0 Å². The maximum atomic E-state index is 5.46. The van der Waals surface area contributed by atoms with Gasteiger partial charge in [0.25, 0.3) is 0 Å². The van der Waals surface area contributed by atoms with Crippen LogP contribution in [0.5, 0.6) is 0 Å². The van der Waals surface area contributed by atoms with Crippen molar-refractivity contribution in [1.82, 2.24) is 9.97 Å². The van der Waals surface area contributed by atoms with Crippen molar-refractivity contribution in [3.05, 3.63) is 42.6 Å². The van der Waals surface area contributed by atoms with Crippen LogP contribution in [0.2, 0.25) is 0 Å². The van der Waals surface area contributed by atoms with Crippen molar-refractivity contribution >= 4 is 29.9 Å². The normalized spacial score (nSPS) is 8.56. The van der Waals surface area contributed by atoms with Crippen LogP contribution in [0.25, 0.3) is 0 Å². The molecule has 0 spiro atoms. The first-order valence-electron chi connectivity index (χ1n) is 5.16. The van der Waals surface area contributed by atoms with Crippen LogP contribution in [0.1, 0.15) is 0 Å². The van der Waals surface area contributed by atoms with E-state index in [2.05, 4.69) is 9.97 Å². The highest BCUT2D eigenvalue weighted by atomic mass is 35.5. The summed E-state index contributed by atoms with van der Waals surface area (Å²) >= 11 is 0. The van der Waals surface area contributed by atoms with E-state index in [1.807, 2.05) is 43.3 Å². The number of nitrogens with two attached hydrogens (primary N) is 2. The van der Waals surface area contributed by atoms with Crippen LogP contribution in [-0.2, 0) is 0 Å². The highest BCUT2D eigenvalue weighted by molar-refractivity contribution is 5.85. The van der Waals surface area contributed by atoms with Gasteiger partial charge in [0, 0.05) is 20.3 Å². The van der Waals surface area contributed by atoms with Gasteiger partial charge in [0.05, 0.1) is 0 Å². The molecular weight excluding hydrogens is 250 g/mol. The zero-order valence-corrected chi connectivity index (χ0v) is 11.3. The first kappa shape index (κ1) is 16.0. The third-order valence-corrected chi connectivity index (χ3v) is 1.90. The van der Waals surface area contributed by atoms with Crippen molar-refractivity contribution in [2.24, 2.45) is 0 Å². The molecule has 2 aromatic rings. The van der Waals surface area contributed by atoms with Crippen LogP contribution in [0.15, 0.2) is 42.6 Å². The topological polar surface area (TPSA) is 81.1 Å². The molecule has 0 bridgehead atoms. The lowest BCUT2D eigenvalue weighted by molar-refractivity contribution is 1.07. The number of nitrogens with zero attached hydrogens (tertiary/aromatic N) is 3. The number of pyridine rings is 2. The van der Waals surface area contributed by atoms with Crippen molar-refractivity contribution in [3.63, 3.8) is 0 Å². The standard InChI is InChI=1S/C7H11N3.C5H6N2.ClH/c1-10(2)7-5-3-4-6(8)9-7;6-5-3-1-2-4-7-5;/h3-5H,1-2H3,(H2,8,9);1-4H,(H2,6,7);1H. The molecule has 0 fully saturated rings. The van der Waals surface area contributed by atoms with Crippen LogP contribution in [0, 0.1) is 0 Å². The molecule has 6 heteroatoms. The lowest BCUT2D eigenvalue weighted by Crippen LogP contribution is -2.10. The summed E-state index contributed by atoms with van der Waals surface area (Å²) in [7, 11) is 3.86. The molecule has 0 unspecified atom stereocenters. The van der Waals surface area contributed by atoms with Gasteiger partial charge in [-0.1, -0.05) is 12.1 Å². The van der Waals surface area contributed by atoms with Gasteiger partial charge in [-0.3, -0.25) is 0 Å². The molecule has 4 N–H and O–H groups in total. The zero-order valence-electron chi connectivity index (χ0n) is 10.4. The lowest BCUT2D eigenvalue weighted by atomic mass is 10.4. The Hall–Kier alpha value is -2.01. The van der Waals surface area contributed by atoms with Crippen molar-refractivity contribution in [1.29, 1.82) is 0 Å². The minimum Gasteiger partial charge on any atom is -0.384 e. The molecule has 2 aromatic heterocycles. The second-order valence-corrected chi connectivity index (χ2v) is 3.57. The van der Waals surface area contributed by atoms with Gasteiger partial charge >= 0.3 is 0 Å². The molecule has 2 heterocycles. The summed E-state index contributed by atoms with van der Waals surface area (Å²) in [6, 6.07) is 11.0. The zero-order chi connectivity index (χ0) is 12.7. The molecule has 0 saturated heterocycles. The first-order valence-corrected chi connectivity index (χ1v) is 5.16. The number of nitrogen functional groups attached to an aromatic ring is 2. The monoisotopic (exact) mass is 267 g/mol. The minimum atomic E-state index is 0. The number of halogens is 1. The molecule has 0 aliphatic rings. The second-order valence-electron chi connectivity index (χ2n) is 3.57. The largest absolute Gasteiger partial charge is 0.384 e. The quantitative estimate of drug-likeness (QED) is 0.824. The fourth-order valence-corrected chi connectivity index (χ4v) is 1.06. The van der Waals surface area contributed by atoms with E-state index < -0.39 is 0 Å². The first-order chi connectivity index (χ1) is 8.09. The summed E-state index contributed by atoms with van der Waals surface area (Å²) in [4.78, 5) is 9.75. The molecule has 2 rings (SSSR count). The smallest absolute Gasteiger partial charge is 0.130 e. The number of hydrogen-bond donors (Lipinski definition) is 2. The molecule has 98 valence electrons. The SMILES string of the molecule is CN(C)c1cccc(N)n1.Cl.Nc1ccccn1. The molecule has 18 heavy (non-hydrogen) atoms. The van der Waals surface area contributed by atoms with Gasteiger partial charge in [0.15, 0.2) is 0 Å². The highest BCUT2D eigenvalue weighted by Crippen LogP contribution is 2.07. The molecule has 0 radical (unpaired) electrons. The Morgan fingerprint density at radius 3 is 1.94 bits per heavy atom. The molecule has 0 aromatic carbocycles. The molecule has 0 saturated carbocycles. The molecule has 5 nitrogen and oxygen atoms in total. The van der Waals surface area contributed by atoms with E-state index in [4.69, 9.17) is 11.5 Å².